The Labute approximate surface area is 162 Å². The van der Waals surface area contributed by atoms with Gasteiger partial charge in [-0.1, -0.05) is 0 Å². The Balaban J connectivity index is 1.76. The van der Waals surface area contributed by atoms with Crippen molar-refractivity contribution < 1.29 is 22.8 Å². The van der Waals surface area contributed by atoms with Crippen molar-refractivity contribution in [2.45, 2.75) is 38.7 Å². The summed E-state index contributed by atoms with van der Waals surface area (Å²) in [5, 5.41) is 0. The zero-order valence-corrected chi connectivity index (χ0v) is 15.9. The number of carbonyl (C=O) groups excluding carboxylic acids is 2. The van der Waals surface area contributed by atoms with Gasteiger partial charge >= 0.3 is 6.43 Å². The maximum Gasteiger partial charge on any atom is 0.315 e. The van der Waals surface area contributed by atoms with Crippen LogP contribution in [0.3, 0.4) is 0 Å². The zero-order valence-electron chi connectivity index (χ0n) is 15.9. The summed E-state index contributed by atoms with van der Waals surface area (Å²) in [6.07, 6.45) is -0.434. The molecule has 3 rings (SSSR count). The topological polar surface area (TPSA) is 66.7 Å². The second-order valence-corrected chi connectivity index (χ2v) is 7.03. The Morgan fingerprint density at radius 2 is 2.00 bits per heavy atom. The van der Waals surface area contributed by atoms with Crippen molar-refractivity contribution in [3.63, 3.8) is 0 Å². The lowest BCUT2D eigenvalue weighted by atomic mass is 9.89. The minimum atomic E-state index is -2.99. The van der Waals surface area contributed by atoms with Gasteiger partial charge in [0.15, 0.2) is 0 Å². The Hall–Kier alpha value is -2.77. The molecule has 2 amide bonds. The number of likely N-dealkylation sites (tertiary alicyclic amines) is 1. The van der Waals surface area contributed by atoms with Crippen LogP contribution in [-0.2, 0) is 11.3 Å². The molecule has 1 fully saturated rings. The van der Waals surface area contributed by atoms with Gasteiger partial charge in [0, 0.05) is 31.7 Å². The van der Waals surface area contributed by atoms with E-state index in [-0.39, 0.29) is 24.9 Å². The van der Waals surface area contributed by atoms with Crippen molar-refractivity contribution in [2.75, 3.05) is 20.1 Å². The molecule has 1 aliphatic heterocycles. The normalized spacial score (nSPS) is 15.1. The van der Waals surface area contributed by atoms with Gasteiger partial charge in [0.2, 0.25) is 0 Å². The fourth-order valence-electron chi connectivity index (χ4n) is 3.49. The summed E-state index contributed by atoms with van der Waals surface area (Å²) in [7, 11) is 1.69. The molecule has 1 saturated heterocycles. The number of hydrogen-bond acceptors (Lipinski definition) is 4. The minimum absolute atomic E-state index is 0.0578. The number of aryl methyl sites for hydroxylation is 1. The second kappa shape index (κ2) is 8.50. The molecule has 0 spiro atoms. The van der Waals surface area contributed by atoms with Gasteiger partial charge in [-0.05, 0) is 44.0 Å². The van der Waals surface area contributed by atoms with Gasteiger partial charge in [0.25, 0.3) is 11.8 Å². The molecular weight excluding hydrogens is 368 g/mol. The molecule has 3 heterocycles. The quantitative estimate of drug-likeness (QED) is 0.785. The van der Waals surface area contributed by atoms with E-state index in [0.717, 1.165) is 5.69 Å². The Morgan fingerprint density at radius 1 is 1.29 bits per heavy atom. The average molecular weight is 391 g/mol. The summed E-state index contributed by atoms with van der Waals surface area (Å²) < 4.78 is 30.6. The Morgan fingerprint density at radius 3 is 2.61 bits per heavy atom. The van der Waals surface area contributed by atoms with E-state index >= 15 is 0 Å². The fourth-order valence-corrected chi connectivity index (χ4v) is 3.49. The maximum atomic E-state index is 13.0. The summed E-state index contributed by atoms with van der Waals surface area (Å²) in [5.74, 6) is -0.691. The number of amides is 2. The van der Waals surface area contributed by atoms with Crippen molar-refractivity contribution >= 4 is 11.8 Å². The van der Waals surface area contributed by atoms with E-state index in [1.54, 1.807) is 42.5 Å². The molecule has 150 valence electrons. The van der Waals surface area contributed by atoms with Crippen molar-refractivity contribution in [3.05, 3.63) is 53.2 Å². The van der Waals surface area contributed by atoms with Gasteiger partial charge in [-0.3, -0.25) is 14.6 Å². The van der Waals surface area contributed by atoms with Crippen LogP contribution >= 0.6 is 0 Å². The van der Waals surface area contributed by atoms with Gasteiger partial charge in [0.1, 0.15) is 5.76 Å². The minimum Gasteiger partial charge on any atom is -0.467 e. The van der Waals surface area contributed by atoms with Crippen molar-refractivity contribution in [2.24, 2.45) is 0 Å². The standard InChI is InChI=1S/C20H23F2N3O3/c1-13-5-6-16(19(26)24(2)12-15-4-3-11-28-15)17(23-13)14-7-9-25(10-8-14)20(27)18(21)22/h3-6,11,14,18H,7-10,12H2,1-2H3. The van der Waals surface area contributed by atoms with Gasteiger partial charge in [0.05, 0.1) is 24.1 Å². The summed E-state index contributed by atoms with van der Waals surface area (Å²) >= 11 is 0. The Kier molecular flexibility index (Phi) is 6.06. The van der Waals surface area contributed by atoms with Gasteiger partial charge in [-0.25, -0.2) is 0 Å². The number of carbonyl (C=O) groups is 2. The number of piperidine rings is 1. The van der Waals surface area contributed by atoms with Gasteiger partial charge < -0.3 is 14.2 Å². The highest BCUT2D eigenvalue weighted by Gasteiger charge is 2.31. The van der Waals surface area contributed by atoms with Crippen LogP contribution in [-0.4, -0.2) is 53.2 Å². The summed E-state index contributed by atoms with van der Waals surface area (Å²) in [6.45, 7) is 2.65. The molecule has 0 N–H and O–H groups in total. The fraction of sp³-hybridized carbons (Fsp3) is 0.450. The second-order valence-electron chi connectivity index (χ2n) is 7.03. The molecule has 2 aromatic rings. The van der Waals surface area contributed by atoms with E-state index in [2.05, 4.69) is 4.98 Å². The number of aromatic nitrogens is 1. The molecule has 0 radical (unpaired) electrons. The van der Waals surface area contributed by atoms with Crippen molar-refractivity contribution in [1.82, 2.24) is 14.8 Å². The smallest absolute Gasteiger partial charge is 0.315 e. The van der Waals surface area contributed by atoms with E-state index in [9.17, 15) is 18.4 Å². The van der Waals surface area contributed by atoms with E-state index in [1.807, 2.05) is 6.92 Å². The van der Waals surface area contributed by atoms with Gasteiger partial charge in [-0.15, -0.1) is 0 Å². The van der Waals surface area contributed by atoms with Crippen LogP contribution in [0.15, 0.2) is 34.9 Å². The van der Waals surface area contributed by atoms with E-state index in [4.69, 9.17) is 4.42 Å². The van der Waals surface area contributed by atoms with Crippen LogP contribution in [0.4, 0.5) is 8.78 Å². The number of furan rings is 1. The predicted molar refractivity (Wildman–Crippen MR) is 98.0 cm³/mol. The highest BCUT2D eigenvalue weighted by atomic mass is 19.3. The third-order valence-corrected chi connectivity index (χ3v) is 4.99. The molecule has 28 heavy (non-hydrogen) atoms. The number of hydrogen-bond donors (Lipinski definition) is 0. The molecule has 0 bridgehead atoms. The maximum absolute atomic E-state index is 13.0. The largest absolute Gasteiger partial charge is 0.467 e. The van der Waals surface area contributed by atoms with Crippen LogP contribution in [0.5, 0.6) is 0 Å². The van der Waals surface area contributed by atoms with E-state index in [0.29, 0.717) is 36.4 Å². The molecule has 0 atom stereocenters. The summed E-state index contributed by atoms with van der Waals surface area (Å²) in [4.78, 5) is 31.8. The first-order valence-electron chi connectivity index (χ1n) is 9.19. The predicted octanol–water partition coefficient (Wildman–Crippen LogP) is 3.23. The number of rotatable bonds is 5. The SMILES string of the molecule is Cc1ccc(C(=O)N(C)Cc2ccco2)c(C2CCN(C(=O)C(F)F)CC2)n1. The third-order valence-electron chi connectivity index (χ3n) is 4.99. The molecule has 6 nitrogen and oxygen atoms in total. The lowest BCUT2D eigenvalue weighted by molar-refractivity contribution is -0.143. The molecule has 0 aromatic carbocycles. The Bertz CT molecular complexity index is 831. The molecule has 2 aromatic heterocycles. The third kappa shape index (κ3) is 4.37. The molecule has 1 aliphatic rings. The molecular formula is C20H23F2N3O3. The average Bonchev–Trinajstić information content (AvgIpc) is 3.19. The van der Waals surface area contributed by atoms with Gasteiger partial charge in [-0.2, -0.15) is 8.78 Å². The first-order chi connectivity index (χ1) is 13.4. The van der Waals surface area contributed by atoms with Crippen molar-refractivity contribution in [1.29, 1.82) is 0 Å². The summed E-state index contributed by atoms with van der Waals surface area (Å²) in [5.41, 5.74) is 1.95. The molecule has 0 unspecified atom stereocenters. The van der Waals surface area contributed by atoms with Crippen LogP contribution in [0.25, 0.3) is 0 Å². The molecule has 0 saturated carbocycles. The number of nitrogens with zero attached hydrogens (tertiary/aromatic N) is 3. The monoisotopic (exact) mass is 391 g/mol. The molecule has 8 heteroatoms. The molecule has 0 aliphatic carbocycles. The highest BCUT2D eigenvalue weighted by Crippen LogP contribution is 2.30. The van der Waals surface area contributed by atoms with Crippen LogP contribution < -0.4 is 0 Å². The first-order valence-corrected chi connectivity index (χ1v) is 9.19. The number of alkyl halides is 2. The number of halogens is 2. The van der Waals surface area contributed by atoms with Crippen molar-refractivity contribution in [3.8, 4) is 0 Å². The summed E-state index contributed by atoms with van der Waals surface area (Å²) in [6, 6.07) is 7.11. The van der Waals surface area contributed by atoms with Crippen LogP contribution in [0.2, 0.25) is 0 Å². The highest BCUT2D eigenvalue weighted by molar-refractivity contribution is 5.95. The van der Waals surface area contributed by atoms with E-state index in [1.165, 1.54) is 4.90 Å². The lowest BCUT2D eigenvalue weighted by Crippen LogP contribution is -2.41. The van der Waals surface area contributed by atoms with Crippen LogP contribution in [0.1, 0.15) is 46.3 Å². The lowest BCUT2D eigenvalue weighted by Gasteiger charge is -2.32. The number of pyridine rings is 1. The van der Waals surface area contributed by atoms with E-state index < -0.39 is 12.3 Å². The zero-order chi connectivity index (χ0) is 20.3. The van der Waals surface area contributed by atoms with Crippen LogP contribution in [0, 0.1) is 6.92 Å². The first kappa shape index (κ1) is 20.0.